The first-order chi connectivity index (χ1) is 6.43. The first kappa shape index (κ1) is 11.3. The third-order valence-corrected chi connectivity index (χ3v) is 2.17. The topological polar surface area (TPSA) is 29.5 Å². The Morgan fingerprint density at radius 2 is 2.07 bits per heavy atom. The van der Waals surface area contributed by atoms with Gasteiger partial charge in [0.05, 0.1) is 0 Å². The zero-order chi connectivity index (χ0) is 10.9. The van der Waals surface area contributed by atoms with Crippen LogP contribution in [-0.2, 0) is 4.74 Å². The number of halogens is 2. The fraction of sp³-hybridized carbons (Fsp3) is 0.600. The summed E-state index contributed by atoms with van der Waals surface area (Å²) in [4.78, 5) is 0. The number of rotatable bonds is 1. The van der Waals surface area contributed by atoms with E-state index in [1.165, 1.54) is 6.92 Å². The lowest BCUT2D eigenvalue weighted by molar-refractivity contribution is -0.126. The average molecular weight is 204 g/mol. The highest BCUT2D eigenvalue weighted by Crippen LogP contribution is 2.30. The van der Waals surface area contributed by atoms with Crippen molar-refractivity contribution < 1.29 is 18.6 Å². The molecule has 1 aliphatic heterocycles. The highest BCUT2D eigenvalue weighted by molar-refractivity contribution is 5.18. The molecule has 0 bridgehead atoms. The van der Waals surface area contributed by atoms with E-state index in [9.17, 15) is 8.78 Å². The van der Waals surface area contributed by atoms with Gasteiger partial charge in [0.25, 0.3) is 0 Å². The van der Waals surface area contributed by atoms with Gasteiger partial charge in [-0.05, 0) is 31.9 Å². The van der Waals surface area contributed by atoms with Crippen molar-refractivity contribution in [2.45, 2.75) is 39.6 Å². The molecule has 0 aromatic rings. The summed E-state index contributed by atoms with van der Waals surface area (Å²) in [5, 5.41) is 9.10. The minimum Gasteiger partial charge on any atom is -0.362 e. The van der Waals surface area contributed by atoms with E-state index in [0.29, 0.717) is 11.1 Å². The molecule has 14 heavy (non-hydrogen) atoms. The smallest absolute Gasteiger partial charge is 0.208 e. The number of allylic oxidation sites excluding steroid dienone is 1. The molecule has 0 saturated heterocycles. The predicted molar refractivity (Wildman–Crippen MR) is 48.8 cm³/mol. The van der Waals surface area contributed by atoms with E-state index < -0.39 is 24.0 Å². The van der Waals surface area contributed by atoms with Crippen LogP contribution < -0.4 is 0 Å². The van der Waals surface area contributed by atoms with Crippen LogP contribution in [0.25, 0.3) is 0 Å². The highest BCUT2D eigenvalue weighted by Gasteiger charge is 2.29. The van der Waals surface area contributed by atoms with Gasteiger partial charge in [0.1, 0.15) is 11.9 Å². The van der Waals surface area contributed by atoms with Crippen LogP contribution in [0.5, 0.6) is 0 Å². The molecule has 2 nitrogen and oxygen atoms in total. The van der Waals surface area contributed by atoms with Crippen molar-refractivity contribution in [2.24, 2.45) is 0 Å². The van der Waals surface area contributed by atoms with Gasteiger partial charge >= 0.3 is 0 Å². The molecule has 1 heterocycles. The third-order valence-electron chi connectivity index (χ3n) is 2.17. The van der Waals surface area contributed by atoms with E-state index in [2.05, 4.69) is 0 Å². The Morgan fingerprint density at radius 3 is 2.50 bits per heavy atom. The van der Waals surface area contributed by atoms with Crippen molar-refractivity contribution in [3.05, 3.63) is 22.8 Å². The SMILES string of the molecule is CC(C)=C(F)[C@H]1CC(C)=C(F)[C@H](O)O1. The summed E-state index contributed by atoms with van der Waals surface area (Å²) in [5.74, 6) is -1.14. The van der Waals surface area contributed by atoms with Crippen molar-refractivity contribution in [3.8, 4) is 0 Å². The molecular formula is C10H14F2O2. The predicted octanol–water partition coefficient (Wildman–Crippen LogP) is 2.60. The van der Waals surface area contributed by atoms with Gasteiger partial charge in [0, 0.05) is 6.42 Å². The molecular weight excluding hydrogens is 190 g/mol. The van der Waals surface area contributed by atoms with Crippen LogP contribution in [0.4, 0.5) is 8.78 Å². The zero-order valence-corrected chi connectivity index (χ0v) is 8.47. The fourth-order valence-corrected chi connectivity index (χ4v) is 1.32. The fourth-order valence-electron chi connectivity index (χ4n) is 1.32. The van der Waals surface area contributed by atoms with E-state index in [1.807, 2.05) is 0 Å². The van der Waals surface area contributed by atoms with E-state index in [0.717, 1.165) is 0 Å². The molecule has 4 heteroatoms. The number of aliphatic hydroxyl groups excluding tert-OH is 1. The van der Waals surface area contributed by atoms with E-state index in [4.69, 9.17) is 9.84 Å². The van der Waals surface area contributed by atoms with Gasteiger partial charge in [-0.3, -0.25) is 0 Å². The molecule has 2 atom stereocenters. The second kappa shape index (κ2) is 4.19. The summed E-state index contributed by atoms with van der Waals surface area (Å²) in [7, 11) is 0. The summed E-state index contributed by atoms with van der Waals surface area (Å²) in [6.07, 6.45) is -2.33. The molecule has 0 unspecified atom stereocenters. The maximum atomic E-state index is 13.4. The zero-order valence-electron chi connectivity index (χ0n) is 8.47. The van der Waals surface area contributed by atoms with Crippen LogP contribution in [0.3, 0.4) is 0 Å². The first-order valence-corrected chi connectivity index (χ1v) is 4.45. The molecule has 0 spiro atoms. The Hall–Kier alpha value is -0.740. The van der Waals surface area contributed by atoms with Crippen molar-refractivity contribution in [2.75, 3.05) is 0 Å². The minimum absolute atomic E-state index is 0.153. The van der Waals surface area contributed by atoms with Crippen molar-refractivity contribution in [1.29, 1.82) is 0 Å². The van der Waals surface area contributed by atoms with Crippen LogP contribution in [-0.4, -0.2) is 17.5 Å². The molecule has 0 aromatic heterocycles. The number of hydrogen-bond donors (Lipinski definition) is 1. The van der Waals surface area contributed by atoms with E-state index in [1.54, 1.807) is 13.8 Å². The van der Waals surface area contributed by atoms with Crippen LogP contribution in [0.2, 0.25) is 0 Å². The summed E-state index contributed by atoms with van der Waals surface area (Å²) in [6, 6.07) is 0. The van der Waals surface area contributed by atoms with Crippen molar-refractivity contribution in [3.63, 3.8) is 0 Å². The van der Waals surface area contributed by atoms with Gasteiger partial charge in [0.2, 0.25) is 6.29 Å². The summed E-state index contributed by atoms with van der Waals surface area (Å²) >= 11 is 0. The first-order valence-electron chi connectivity index (χ1n) is 4.45. The molecule has 1 N–H and O–H groups in total. The molecule has 0 radical (unpaired) electrons. The molecule has 0 aromatic carbocycles. The molecule has 0 amide bonds. The maximum Gasteiger partial charge on any atom is 0.208 e. The number of ether oxygens (including phenoxy) is 1. The number of aliphatic hydroxyl groups is 1. The summed E-state index contributed by atoms with van der Waals surface area (Å²) in [5.41, 5.74) is 0.822. The second-order valence-corrected chi connectivity index (χ2v) is 3.66. The Bertz CT molecular complexity index is 290. The molecule has 0 fully saturated rings. The quantitative estimate of drug-likeness (QED) is 0.711. The lowest BCUT2D eigenvalue weighted by Crippen LogP contribution is -2.29. The van der Waals surface area contributed by atoms with Crippen LogP contribution >= 0.6 is 0 Å². The van der Waals surface area contributed by atoms with Gasteiger partial charge in [-0.1, -0.05) is 0 Å². The standard InChI is InChI=1S/C10H14F2O2/c1-5(2)8(11)7-4-6(3)9(12)10(13)14-7/h7,10,13H,4H2,1-3H3/t7-,10-/m1/s1. The number of hydrogen-bond acceptors (Lipinski definition) is 2. The third kappa shape index (κ3) is 2.19. The average Bonchev–Trinajstić information content (AvgIpc) is 2.12. The van der Waals surface area contributed by atoms with Crippen molar-refractivity contribution in [1.82, 2.24) is 0 Å². The maximum absolute atomic E-state index is 13.4. The highest BCUT2D eigenvalue weighted by atomic mass is 19.1. The lowest BCUT2D eigenvalue weighted by Gasteiger charge is -2.26. The monoisotopic (exact) mass is 204 g/mol. The Morgan fingerprint density at radius 1 is 1.50 bits per heavy atom. The van der Waals surface area contributed by atoms with Gasteiger partial charge in [-0.2, -0.15) is 0 Å². The van der Waals surface area contributed by atoms with Gasteiger partial charge in [-0.15, -0.1) is 0 Å². The molecule has 0 saturated carbocycles. The Labute approximate surface area is 81.9 Å². The molecule has 1 aliphatic rings. The second-order valence-electron chi connectivity index (χ2n) is 3.66. The van der Waals surface area contributed by atoms with Gasteiger partial charge in [-0.25, -0.2) is 8.78 Å². The van der Waals surface area contributed by atoms with Crippen LogP contribution in [0, 0.1) is 0 Å². The minimum atomic E-state index is -1.63. The van der Waals surface area contributed by atoms with Gasteiger partial charge in [0.15, 0.2) is 5.83 Å². The van der Waals surface area contributed by atoms with Crippen LogP contribution in [0.1, 0.15) is 27.2 Å². The summed E-state index contributed by atoms with van der Waals surface area (Å²) < 4.78 is 31.1. The van der Waals surface area contributed by atoms with Crippen molar-refractivity contribution >= 4 is 0 Å². The largest absolute Gasteiger partial charge is 0.362 e. The molecule has 0 aliphatic carbocycles. The van der Waals surface area contributed by atoms with E-state index >= 15 is 0 Å². The Balaban J connectivity index is 2.86. The lowest BCUT2D eigenvalue weighted by atomic mass is 10.0. The van der Waals surface area contributed by atoms with Crippen LogP contribution in [0.15, 0.2) is 22.8 Å². The molecule has 1 rings (SSSR count). The summed E-state index contributed by atoms with van der Waals surface area (Å²) in [6.45, 7) is 4.73. The van der Waals surface area contributed by atoms with Gasteiger partial charge < -0.3 is 9.84 Å². The Kier molecular flexibility index (Phi) is 3.39. The molecule has 80 valence electrons. The van der Waals surface area contributed by atoms with E-state index in [-0.39, 0.29) is 6.42 Å². The normalized spacial score (nSPS) is 27.9.